The summed E-state index contributed by atoms with van der Waals surface area (Å²) in [6.45, 7) is 0.0134. The molecule has 206 valence electrons. The summed E-state index contributed by atoms with van der Waals surface area (Å²) in [4.78, 5) is 47.9. The van der Waals surface area contributed by atoms with Gasteiger partial charge in [-0.15, -0.1) is 0 Å². The lowest BCUT2D eigenvalue weighted by atomic mass is 10.1. The number of para-hydroxylation sites is 3. The molecule has 0 unspecified atom stereocenters. The van der Waals surface area contributed by atoms with Crippen molar-refractivity contribution in [2.45, 2.75) is 0 Å². The smallest absolute Gasteiger partial charge is 0.318 e. The van der Waals surface area contributed by atoms with Crippen LogP contribution >= 0.6 is 11.8 Å². The number of imide groups is 1. The average molecular weight is 568 g/mol. The number of non-ortho nitro benzene ring substituents is 1. The number of carbonyl (C=O) groups is 2. The van der Waals surface area contributed by atoms with Gasteiger partial charge < -0.3 is 18.9 Å². The number of carbonyl (C=O) groups excluding carboxylic acids is 2. The molecule has 0 radical (unpaired) electrons. The summed E-state index contributed by atoms with van der Waals surface area (Å²) in [5.41, 5.74) is -0.841. The maximum Gasteiger partial charge on any atom is 0.318 e. The maximum atomic E-state index is 13.1. The average Bonchev–Trinajstić information content (AvgIpc) is 3.21. The highest BCUT2D eigenvalue weighted by atomic mass is 32.2. The minimum Gasteiger partial charge on any atom is -0.493 e. The van der Waals surface area contributed by atoms with Crippen LogP contribution in [0.25, 0.3) is 6.08 Å². The Balaban J connectivity index is 1.58. The lowest BCUT2D eigenvalue weighted by molar-refractivity contribution is -0.394. The van der Waals surface area contributed by atoms with Gasteiger partial charge in [0, 0.05) is 11.6 Å². The van der Waals surface area contributed by atoms with Crippen LogP contribution in [0.1, 0.15) is 5.56 Å². The Hall–Kier alpha value is -5.11. The molecule has 0 N–H and O–H groups in total. The summed E-state index contributed by atoms with van der Waals surface area (Å²) in [7, 11) is 2.85. The van der Waals surface area contributed by atoms with Gasteiger partial charge in [0.1, 0.15) is 6.61 Å². The van der Waals surface area contributed by atoms with Crippen LogP contribution in [0.15, 0.2) is 65.6 Å². The molecule has 3 aromatic rings. The van der Waals surface area contributed by atoms with Crippen LogP contribution in [-0.4, -0.2) is 53.3 Å². The molecule has 1 aliphatic rings. The topological polar surface area (TPSA) is 161 Å². The van der Waals surface area contributed by atoms with Gasteiger partial charge in [0.05, 0.1) is 41.6 Å². The van der Waals surface area contributed by atoms with E-state index in [1.54, 1.807) is 36.4 Å². The SMILES string of the molecule is COc1ccccc1OCCN1C(=O)S/C(=C\c2cccc(OC)c2Oc2ccc([N+](=O)[O-])cc2[N+](=O)[O-])C1=O. The van der Waals surface area contributed by atoms with Gasteiger partial charge in [-0.05, 0) is 42.1 Å². The molecule has 1 aliphatic heterocycles. The van der Waals surface area contributed by atoms with E-state index in [-0.39, 0.29) is 40.9 Å². The molecule has 13 nitrogen and oxygen atoms in total. The molecule has 0 atom stereocenters. The Morgan fingerprint density at radius 3 is 2.25 bits per heavy atom. The number of ether oxygens (including phenoxy) is 4. The highest BCUT2D eigenvalue weighted by Gasteiger charge is 2.35. The monoisotopic (exact) mass is 567 g/mol. The molecule has 0 aliphatic carbocycles. The molecule has 14 heteroatoms. The van der Waals surface area contributed by atoms with Crippen molar-refractivity contribution in [3.05, 3.63) is 91.4 Å². The van der Waals surface area contributed by atoms with Gasteiger partial charge in [-0.1, -0.05) is 24.3 Å². The van der Waals surface area contributed by atoms with E-state index in [1.165, 1.54) is 26.4 Å². The second-order valence-electron chi connectivity index (χ2n) is 7.98. The summed E-state index contributed by atoms with van der Waals surface area (Å²) in [5, 5.41) is 22.2. The molecule has 0 spiro atoms. The van der Waals surface area contributed by atoms with E-state index in [1.807, 2.05) is 0 Å². The summed E-state index contributed by atoms with van der Waals surface area (Å²) in [6, 6.07) is 14.6. The Morgan fingerprint density at radius 1 is 0.875 bits per heavy atom. The molecule has 1 heterocycles. The third kappa shape index (κ3) is 5.96. The summed E-state index contributed by atoms with van der Waals surface area (Å²) < 4.78 is 22.1. The lowest BCUT2D eigenvalue weighted by Gasteiger charge is -2.15. The van der Waals surface area contributed by atoms with E-state index in [2.05, 4.69) is 0 Å². The number of rotatable bonds is 11. The molecular weight excluding hydrogens is 546 g/mol. The second-order valence-corrected chi connectivity index (χ2v) is 8.97. The third-order valence-electron chi connectivity index (χ3n) is 5.59. The summed E-state index contributed by atoms with van der Waals surface area (Å²) in [6.07, 6.45) is 1.40. The van der Waals surface area contributed by atoms with Crippen LogP contribution in [0.2, 0.25) is 0 Å². The first kappa shape index (κ1) is 27.9. The number of nitrogens with zero attached hydrogens (tertiary/aromatic N) is 3. The van der Waals surface area contributed by atoms with E-state index in [9.17, 15) is 29.8 Å². The van der Waals surface area contributed by atoms with Crippen molar-refractivity contribution in [2.24, 2.45) is 0 Å². The number of hydrogen-bond donors (Lipinski definition) is 0. The van der Waals surface area contributed by atoms with Gasteiger partial charge in [0.15, 0.2) is 23.0 Å². The van der Waals surface area contributed by atoms with Crippen molar-refractivity contribution in [3.8, 4) is 28.7 Å². The lowest BCUT2D eigenvalue weighted by Crippen LogP contribution is -2.32. The van der Waals surface area contributed by atoms with Gasteiger partial charge in [-0.2, -0.15) is 0 Å². The van der Waals surface area contributed by atoms with E-state index in [0.717, 1.165) is 23.1 Å². The largest absolute Gasteiger partial charge is 0.493 e. The van der Waals surface area contributed by atoms with E-state index in [4.69, 9.17) is 18.9 Å². The number of benzene rings is 3. The number of methoxy groups -OCH3 is 2. The second kappa shape index (κ2) is 12.2. The van der Waals surface area contributed by atoms with Crippen LogP contribution in [0.4, 0.5) is 16.2 Å². The first-order valence-corrected chi connectivity index (χ1v) is 12.3. The van der Waals surface area contributed by atoms with Gasteiger partial charge in [-0.3, -0.25) is 34.7 Å². The molecule has 4 rings (SSSR count). The number of thioether (sulfide) groups is 1. The summed E-state index contributed by atoms with van der Waals surface area (Å²) >= 11 is 0.711. The highest BCUT2D eigenvalue weighted by Crippen LogP contribution is 2.42. The van der Waals surface area contributed by atoms with E-state index >= 15 is 0 Å². The Labute approximate surface area is 231 Å². The predicted molar refractivity (Wildman–Crippen MR) is 144 cm³/mol. The van der Waals surface area contributed by atoms with Crippen LogP contribution in [0.5, 0.6) is 28.7 Å². The first-order chi connectivity index (χ1) is 19.2. The minimum absolute atomic E-state index is 0.00765. The van der Waals surface area contributed by atoms with Crippen LogP contribution < -0.4 is 18.9 Å². The number of hydrogen-bond acceptors (Lipinski definition) is 11. The van der Waals surface area contributed by atoms with Crippen molar-refractivity contribution in [3.63, 3.8) is 0 Å². The van der Waals surface area contributed by atoms with Crippen LogP contribution in [0.3, 0.4) is 0 Å². The number of nitro groups is 2. The molecule has 1 saturated heterocycles. The van der Waals surface area contributed by atoms with Gasteiger partial charge in [0.25, 0.3) is 16.8 Å². The van der Waals surface area contributed by atoms with Crippen molar-refractivity contribution in [1.82, 2.24) is 4.90 Å². The standard InChI is InChI=1S/C26H21N3O10S/c1-36-20-7-3-4-8-21(20)38-13-12-27-25(30)23(40-26(27)31)14-16-6-5-9-22(37-2)24(16)39-19-11-10-17(28(32)33)15-18(19)29(34)35/h3-11,14-15H,12-13H2,1-2H3/b23-14-. The zero-order valence-electron chi connectivity index (χ0n) is 21.1. The fourth-order valence-electron chi connectivity index (χ4n) is 3.69. The molecule has 0 saturated carbocycles. The minimum atomic E-state index is -0.810. The Bertz CT molecular complexity index is 1520. The fourth-order valence-corrected chi connectivity index (χ4v) is 4.55. The molecule has 3 aromatic carbocycles. The Kier molecular flexibility index (Phi) is 8.49. The summed E-state index contributed by atoms with van der Waals surface area (Å²) in [5.74, 6) is 0.311. The fraction of sp³-hybridized carbons (Fsp3) is 0.154. The van der Waals surface area contributed by atoms with Crippen molar-refractivity contribution in [1.29, 1.82) is 0 Å². The highest BCUT2D eigenvalue weighted by molar-refractivity contribution is 8.18. The van der Waals surface area contributed by atoms with Crippen molar-refractivity contribution in [2.75, 3.05) is 27.4 Å². The van der Waals surface area contributed by atoms with Crippen molar-refractivity contribution < 1.29 is 38.4 Å². The van der Waals surface area contributed by atoms with E-state index in [0.29, 0.717) is 23.3 Å². The van der Waals surface area contributed by atoms with Crippen LogP contribution in [0, 0.1) is 20.2 Å². The van der Waals surface area contributed by atoms with Crippen LogP contribution in [-0.2, 0) is 4.79 Å². The molecule has 0 aromatic heterocycles. The maximum absolute atomic E-state index is 13.1. The van der Waals surface area contributed by atoms with Crippen molar-refractivity contribution >= 4 is 40.4 Å². The zero-order chi connectivity index (χ0) is 28.8. The van der Waals surface area contributed by atoms with Gasteiger partial charge >= 0.3 is 5.69 Å². The van der Waals surface area contributed by atoms with Gasteiger partial charge in [-0.25, -0.2) is 0 Å². The number of amides is 2. The molecule has 40 heavy (non-hydrogen) atoms. The molecule has 0 bridgehead atoms. The predicted octanol–water partition coefficient (Wildman–Crippen LogP) is 5.43. The van der Waals surface area contributed by atoms with Gasteiger partial charge in [0.2, 0.25) is 5.75 Å². The third-order valence-corrected chi connectivity index (χ3v) is 6.50. The Morgan fingerprint density at radius 2 is 1.57 bits per heavy atom. The molecular formula is C26H21N3O10S. The number of nitro benzene ring substituents is 2. The zero-order valence-corrected chi connectivity index (χ0v) is 21.9. The molecule has 1 fully saturated rings. The quantitative estimate of drug-likeness (QED) is 0.165. The van der Waals surface area contributed by atoms with E-state index < -0.39 is 32.4 Å². The first-order valence-electron chi connectivity index (χ1n) is 11.5. The normalized spacial score (nSPS) is 13.8. The molecule has 2 amide bonds.